The van der Waals surface area contributed by atoms with Gasteiger partial charge in [0.2, 0.25) is 0 Å². The second kappa shape index (κ2) is 7.08. The second-order valence-electron chi connectivity index (χ2n) is 7.59. The highest BCUT2D eigenvalue weighted by atomic mass is 127. The van der Waals surface area contributed by atoms with Gasteiger partial charge in [-0.15, -0.1) is 11.3 Å². The molecule has 0 saturated heterocycles. The van der Waals surface area contributed by atoms with Crippen molar-refractivity contribution in [1.29, 1.82) is 5.26 Å². The third-order valence-corrected chi connectivity index (χ3v) is 6.76. The number of hydrogen-bond acceptors (Lipinski definition) is 3. The van der Waals surface area contributed by atoms with Crippen LogP contribution in [0, 0.1) is 26.2 Å². The van der Waals surface area contributed by atoms with Crippen LogP contribution in [0.25, 0.3) is 0 Å². The first-order chi connectivity index (χ1) is 11.8. The number of anilines is 1. The predicted octanol–water partition coefficient (Wildman–Crippen LogP) is 5.63. The van der Waals surface area contributed by atoms with Crippen molar-refractivity contribution in [2.75, 3.05) is 5.32 Å². The maximum Gasteiger partial charge on any atom is 0.256 e. The van der Waals surface area contributed by atoms with Crippen LogP contribution in [0.1, 0.15) is 53.6 Å². The van der Waals surface area contributed by atoms with E-state index in [2.05, 4.69) is 54.7 Å². The summed E-state index contributed by atoms with van der Waals surface area (Å²) in [6, 6.07) is 9.79. The highest BCUT2D eigenvalue weighted by molar-refractivity contribution is 14.1. The number of halogens is 1. The van der Waals surface area contributed by atoms with E-state index >= 15 is 0 Å². The summed E-state index contributed by atoms with van der Waals surface area (Å²) in [7, 11) is 0. The minimum atomic E-state index is -0.152. The van der Waals surface area contributed by atoms with Crippen molar-refractivity contribution in [1.82, 2.24) is 0 Å². The molecule has 0 aliphatic heterocycles. The van der Waals surface area contributed by atoms with Gasteiger partial charge in [-0.05, 0) is 76.9 Å². The van der Waals surface area contributed by atoms with Gasteiger partial charge in [0.15, 0.2) is 0 Å². The number of carbonyl (C=O) groups is 1. The molecule has 0 spiro atoms. The van der Waals surface area contributed by atoms with Gasteiger partial charge in [0.25, 0.3) is 5.91 Å². The quantitative estimate of drug-likeness (QED) is 0.586. The minimum Gasteiger partial charge on any atom is -0.312 e. The first kappa shape index (κ1) is 18.4. The Hall–Kier alpha value is -1.39. The molecule has 1 amide bonds. The number of thiophene rings is 1. The molecule has 1 atom stereocenters. The molecular weight excluding hydrogens is 443 g/mol. The van der Waals surface area contributed by atoms with Crippen LogP contribution in [0.2, 0.25) is 0 Å². The normalized spacial score (nSPS) is 16.8. The molecule has 0 radical (unpaired) electrons. The molecular formula is C20H21IN2OS. The zero-order chi connectivity index (χ0) is 18.2. The van der Waals surface area contributed by atoms with Gasteiger partial charge in [0.05, 0.1) is 5.56 Å². The summed E-state index contributed by atoms with van der Waals surface area (Å²) in [5.74, 6) is 0.463. The van der Waals surface area contributed by atoms with E-state index in [4.69, 9.17) is 0 Å². The van der Waals surface area contributed by atoms with Crippen LogP contribution >= 0.6 is 33.9 Å². The summed E-state index contributed by atoms with van der Waals surface area (Å²) in [6.07, 6.45) is 3.03. The molecule has 2 aromatic rings. The first-order valence-corrected chi connectivity index (χ1v) is 10.3. The van der Waals surface area contributed by atoms with E-state index in [-0.39, 0.29) is 11.3 Å². The van der Waals surface area contributed by atoms with Crippen LogP contribution in [0.4, 0.5) is 5.00 Å². The van der Waals surface area contributed by atoms with Crippen LogP contribution < -0.4 is 5.32 Å². The van der Waals surface area contributed by atoms with E-state index in [0.29, 0.717) is 22.0 Å². The molecule has 130 valence electrons. The Labute approximate surface area is 166 Å². The van der Waals surface area contributed by atoms with Gasteiger partial charge in [-0.2, -0.15) is 5.26 Å². The van der Waals surface area contributed by atoms with Gasteiger partial charge in [-0.25, -0.2) is 0 Å². The van der Waals surface area contributed by atoms with E-state index in [1.165, 1.54) is 4.88 Å². The number of nitriles is 1. The highest BCUT2D eigenvalue weighted by Gasteiger charge is 2.32. The maximum absolute atomic E-state index is 12.6. The number of hydrogen-bond donors (Lipinski definition) is 1. The second-order valence-corrected chi connectivity index (χ2v) is 9.94. The predicted molar refractivity (Wildman–Crippen MR) is 111 cm³/mol. The zero-order valence-electron chi connectivity index (χ0n) is 14.6. The molecule has 3 nitrogen and oxygen atoms in total. The molecule has 25 heavy (non-hydrogen) atoms. The first-order valence-electron chi connectivity index (χ1n) is 8.41. The molecule has 5 heteroatoms. The number of benzene rings is 1. The Balaban J connectivity index is 1.88. The van der Waals surface area contributed by atoms with E-state index in [9.17, 15) is 10.1 Å². The Morgan fingerprint density at radius 2 is 2.16 bits per heavy atom. The van der Waals surface area contributed by atoms with E-state index in [1.807, 2.05) is 18.2 Å². The molecule has 0 bridgehead atoms. The van der Waals surface area contributed by atoms with Gasteiger partial charge < -0.3 is 5.32 Å². The van der Waals surface area contributed by atoms with Crippen LogP contribution in [-0.2, 0) is 12.8 Å². The summed E-state index contributed by atoms with van der Waals surface area (Å²) in [6.45, 7) is 6.84. The van der Waals surface area contributed by atoms with Gasteiger partial charge in [0.1, 0.15) is 11.1 Å². The number of carbonyl (C=O) groups excluding carboxylic acids is 1. The zero-order valence-corrected chi connectivity index (χ0v) is 17.6. The lowest BCUT2D eigenvalue weighted by molar-refractivity contribution is 0.102. The maximum atomic E-state index is 12.6. The largest absolute Gasteiger partial charge is 0.312 e. The fourth-order valence-electron chi connectivity index (χ4n) is 3.34. The Kier molecular flexibility index (Phi) is 5.21. The molecule has 1 aromatic carbocycles. The summed E-state index contributed by atoms with van der Waals surface area (Å²) in [4.78, 5) is 13.8. The van der Waals surface area contributed by atoms with E-state index in [0.717, 1.165) is 28.4 Å². The molecule has 0 unspecified atom stereocenters. The topological polar surface area (TPSA) is 52.9 Å². The summed E-state index contributed by atoms with van der Waals surface area (Å²) in [5.41, 5.74) is 2.69. The Morgan fingerprint density at radius 3 is 2.80 bits per heavy atom. The van der Waals surface area contributed by atoms with Gasteiger partial charge in [-0.1, -0.05) is 26.8 Å². The van der Waals surface area contributed by atoms with Crippen molar-refractivity contribution in [3.63, 3.8) is 0 Å². The molecule has 1 aliphatic rings. The lowest BCUT2D eigenvalue weighted by atomic mass is 9.72. The average molecular weight is 464 g/mol. The van der Waals surface area contributed by atoms with Crippen molar-refractivity contribution < 1.29 is 4.79 Å². The van der Waals surface area contributed by atoms with E-state index in [1.54, 1.807) is 17.4 Å². The Bertz CT molecular complexity index is 858. The smallest absolute Gasteiger partial charge is 0.256 e. The fourth-order valence-corrected chi connectivity index (χ4v) is 5.15. The van der Waals surface area contributed by atoms with Crippen molar-refractivity contribution >= 4 is 44.8 Å². The molecule has 0 fully saturated rings. The van der Waals surface area contributed by atoms with Crippen molar-refractivity contribution in [3.05, 3.63) is 49.4 Å². The number of amides is 1. The van der Waals surface area contributed by atoms with Crippen LogP contribution in [0.3, 0.4) is 0 Å². The average Bonchev–Trinajstić information content (AvgIpc) is 2.90. The molecule has 1 aliphatic carbocycles. The van der Waals surface area contributed by atoms with E-state index < -0.39 is 0 Å². The summed E-state index contributed by atoms with van der Waals surface area (Å²) >= 11 is 3.77. The lowest BCUT2D eigenvalue weighted by Crippen LogP contribution is -2.26. The lowest BCUT2D eigenvalue weighted by Gasteiger charge is -2.33. The monoisotopic (exact) mass is 464 g/mol. The van der Waals surface area contributed by atoms with Crippen LogP contribution in [0.5, 0.6) is 0 Å². The highest BCUT2D eigenvalue weighted by Crippen LogP contribution is 2.44. The SMILES string of the molecule is CC(C)(C)[C@H]1CCc2c(sc(NC(=O)c3cccc(I)c3)c2C#N)C1. The van der Waals surface area contributed by atoms with Crippen molar-refractivity contribution in [2.45, 2.75) is 40.0 Å². The molecule has 3 rings (SSSR count). The number of nitrogens with zero attached hydrogens (tertiary/aromatic N) is 1. The van der Waals surface area contributed by atoms with Crippen LogP contribution in [-0.4, -0.2) is 5.91 Å². The Morgan fingerprint density at radius 1 is 1.40 bits per heavy atom. The standard InChI is InChI=1S/C20H21IN2OS/c1-20(2,3)13-7-8-15-16(11-22)19(25-17(15)10-13)23-18(24)12-5-4-6-14(21)9-12/h4-6,9,13H,7-8,10H2,1-3H3,(H,23,24)/t13-/m0/s1. The van der Waals surface area contributed by atoms with Crippen LogP contribution in [0.15, 0.2) is 24.3 Å². The number of fused-ring (bicyclic) bond motifs is 1. The van der Waals surface area contributed by atoms with Crippen molar-refractivity contribution in [2.24, 2.45) is 11.3 Å². The fraction of sp³-hybridized carbons (Fsp3) is 0.400. The van der Waals surface area contributed by atoms with Gasteiger partial charge >= 0.3 is 0 Å². The van der Waals surface area contributed by atoms with Gasteiger partial charge in [0, 0.05) is 14.0 Å². The molecule has 0 saturated carbocycles. The molecule has 1 aromatic heterocycles. The summed E-state index contributed by atoms with van der Waals surface area (Å²) < 4.78 is 1.02. The third kappa shape index (κ3) is 3.90. The number of rotatable bonds is 2. The minimum absolute atomic E-state index is 0.152. The molecule has 1 N–H and O–H groups in total. The third-order valence-electron chi connectivity index (χ3n) is 4.92. The van der Waals surface area contributed by atoms with Gasteiger partial charge in [-0.3, -0.25) is 4.79 Å². The summed E-state index contributed by atoms with van der Waals surface area (Å²) in [5, 5.41) is 13.3. The van der Waals surface area contributed by atoms with Crippen molar-refractivity contribution in [3.8, 4) is 6.07 Å². The number of nitrogens with one attached hydrogen (secondary N) is 1. The molecule has 1 heterocycles.